The fourth-order valence-electron chi connectivity index (χ4n) is 3.31. The third kappa shape index (κ3) is 4.19. The molecule has 0 radical (unpaired) electrons. The average molecular weight is 424 g/mol. The predicted molar refractivity (Wildman–Crippen MR) is 108 cm³/mol. The van der Waals surface area contributed by atoms with Gasteiger partial charge in [0.1, 0.15) is 12.3 Å². The quantitative estimate of drug-likeness (QED) is 0.665. The summed E-state index contributed by atoms with van der Waals surface area (Å²) in [5.74, 6) is -0.169. The third-order valence-corrected chi connectivity index (χ3v) is 5.18. The van der Waals surface area contributed by atoms with Crippen molar-refractivity contribution in [3.63, 3.8) is 0 Å². The van der Waals surface area contributed by atoms with Crippen molar-refractivity contribution in [2.24, 2.45) is 0 Å². The molecule has 2 aromatic rings. The molecule has 3 rings (SSSR count). The molecule has 1 atom stereocenters. The minimum Gasteiger partial charge on any atom is -0.369 e. The van der Waals surface area contributed by atoms with Crippen LogP contribution in [0.15, 0.2) is 16.9 Å². The van der Waals surface area contributed by atoms with E-state index in [0.29, 0.717) is 6.04 Å². The van der Waals surface area contributed by atoms with Crippen LogP contribution in [-0.4, -0.2) is 54.8 Å². The van der Waals surface area contributed by atoms with Crippen LogP contribution in [0.3, 0.4) is 0 Å². The summed E-state index contributed by atoms with van der Waals surface area (Å²) in [7, 11) is 2.00. The number of hydrogen-bond donors (Lipinski definition) is 3. The molecule has 2 aromatic heterocycles. The number of nitrogens with zero attached hydrogens (tertiary/aromatic N) is 2. The molecule has 1 amide bonds. The minimum absolute atomic E-state index is 0.0157. The topological polar surface area (TPSA) is 82.3 Å². The number of amides is 1. The Hall–Kier alpha value is -1.64. The number of anilines is 2. The molecule has 1 saturated heterocycles. The van der Waals surface area contributed by atoms with Gasteiger partial charge in [0, 0.05) is 31.5 Å². The van der Waals surface area contributed by atoms with Crippen molar-refractivity contribution in [1.82, 2.24) is 15.3 Å². The highest BCUT2D eigenvalue weighted by atomic mass is 79.9. The number of likely N-dealkylation sites (N-methyl/N-ethyl adjacent to an activating group) is 1. The molecule has 1 aliphatic heterocycles. The number of H-pyrrole nitrogens is 1. The number of carbonyl (C=O) groups excluding carboxylic acids is 1. The summed E-state index contributed by atoms with van der Waals surface area (Å²) < 4.78 is 6.32. The first kappa shape index (κ1) is 19.1. The number of halogens is 1. The molecule has 142 valence electrons. The lowest BCUT2D eigenvalue weighted by molar-refractivity contribution is -0.121. The van der Waals surface area contributed by atoms with Crippen LogP contribution in [0.4, 0.5) is 11.4 Å². The zero-order valence-electron chi connectivity index (χ0n) is 15.4. The Morgan fingerprint density at radius 3 is 3.08 bits per heavy atom. The van der Waals surface area contributed by atoms with Crippen molar-refractivity contribution in [2.45, 2.75) is 38.8 Å². The van der Waals surface area contributed by atoms with E-state index in [4.69, 9.17) is 4.74 Å². The Morgan fingerprint density at radius 1 is 1.54 bits per heavy atom. The van der Waals surface area contributed by atoms with Crippen molar-refractivity contribution >= 4 is 44.2 Å². The summed E-state index contributed by atoms with van der Waals surface area (Å²) in [6.07, 6.45) is 5.91. The first-order valence-electron chi connectivity index (χ1n) is 8.98. The number of carbonyl (C=O) groups is 1. The Kier molecular flexibility index (Phi) is 6.16. The van der Waals surface area contributed by atoms with Gasteiger partial charge in [0.2, 0.25) is 5.91 Å². The highest BCUT2D eigenvalue weighted by Crippen LogP contribution is 2.38. The second-order valence-electron chi connectivity index (χ2n) is 6.86. The number of piperidine rings is 1. The third-order valence-electron chi connectivity index (χ3n) is 4.60. The second-order valence-corrected chi connectivity index (χ2v) is 7.72. The fourth-order valence-corrected chi connectivity index (χ4v) is 3.86. The lowest BCUT2D eigenvalue weighted by Gasteiger charge is -2.35. The van der Waals surface area contributed by atoms with Crippen LogP contribution in [0, 0.1) is 0 Å². The van der Waals surface area contributed by atoms with Gasteiger partial charge in [-0.05, 0) is 49.7 Å². The molecule has 26 heavy (non-hydrogen) atoms. The number of hydrogen-bond acceptors (Lipinski definition) is 5. The summed E-state index contributed by atoms with van der Waals surface area (Å²) >= 11 is 3.65. The first-order valence-corrected chi connectivity index (χ1v) is 9.78. The van der Waals surface area contributed by atoms with Crippen LogP contribution in [-0.2, 0) is 9.53 Å². The summed E-state index contributed by atoms with van der Waals surface area (Å²) in [6, 6.07) is 0.454. The Balaban J connectivity index is 1.91. The summed E-state index contributed by atoms with van der Waals surface area (Å²) in [4.78, 5) is 22.2. The summed E-state index contributed by atoms with van der Waals surface area (Å²) in [5, 5.41) is 7.25. The number of ether oxygens (including phenoxy) is 1. The average Bonchev–Trinajstić information content (AvgIpc) is 3.02. The van der Waals surface area contributed by atoms with Crippen LogP contribution in [0.1, 0.15) is 26.7 Å². The maximum atomic E-state index is 12.2. The molecule has 1 fully saturated rings. The lowest BCUT2D eigenvalue weighted by atomic mass is 10.0. The Morgan fingerprint density at radius 2 is 2.35 bits per heavy atom. The molecule has 1 unspecified atom stereocenters. The van der Waals surface area contributed by atoms with E-state index in [2.05, 4.69) is 41.4 Å². The van der Waals surface area contributed by atoms with Gasteiger partial charge in [0.25, 0.3) is 0 Å². The molecule has 0 spiro atoms. The maximum absolute atomic E-state index is 12.2. The van der Waals surface area contributed by atoms with E-state index >= 15 is 0 Å². The van der Waals surface area contributed by atoms with Gasteiger partial charge in [0.15, 0.2) is 0 Å². The van der Waals surface area contributed by atoms with Crippen LogP contribution < -0.4 is 15.5 Å². The van der Waals surface area contributed by atoms with Crippen molar-refractivity contribution in [1.29, 1.82) is 0 Å². The van der Waals surface area contributed by atoms with E-state index in [1.807, 2.05) is 27.1 Å². The zero-order valence-corrected chi connectivity index (χ0v) is 17.0. The number of fused-ring (bicyclic) bond motifs is 1. The van der Waals surface area contributed by atoms with Crippen LogP contribution >= 0.6 is 15.9 Å². The molecule has 8 heteroatoms. The monoisotopic (exact) mass is 423 g/mol. The predicted octanol–water partition coefficient (Wildman–Crippen LogP) is 2.88. The highest BCUT2D eigenvalue weighted by Gasteiger charge is 2.24. The summed E-state index contributed by atoms with van der Waals surface area (Å²) in [6.45, 7) is 5.75. The highest BCUT2D eigenvalue weighted by molar-refractivity contribution is 9.10. The maximum Gasteiger partial charge on any atom is 0.250 e. The smallest absolute Gasteiger partial charge is 0.250 e. The molecule has 7 nitrogen and oxygen atoms in total. The number of nitrogens with one attached hydrogen (secondary N) is 3. The second kappa shape index (κ2) is 8.37. The molecular formula is C18H26BrN5O2. The van der Waals surface area contributed by atoms with Gasteiger partial charge in [0.05, 0.1) is 27.3 Å². The number of rotatable bonds is 6. The Labute approximate surface area is 162 Å². The minimum atomic E-state index is -0.169. The SMILES string of the molecule is CNC1CCCN(c2c(Br)cnc3[nH]cc(NC(=O)COC(C)C)c23)C1. The number of pyridine rings is 1. The van der Waals surface area contributed by atoms with Gasteiger partial charge in [-0.2, -0.15) is 0 Å². The van der Waals surface area contributed by atoms with Crippen molar-refractivity contribution in [2.75, 3.05) is 37.0 Å². The van der Waals surface area contributed by atoms with Gasteiger partial charge in [-0.25, -0.2) is 4.98 Å². The van der Waals surface area contributed by atoms with E-state index in [9.17, 15) is 4.79 Å². The van der Waals surface area contributed by atoms with Gasteiger partial charge >= 0.3 is 0 Å². The van der Waals surface area contributed by atoms with Crippen molar-refractivity contribution < 1.29 is 9.53 Å². The standard InChI is InChI=1S/C18H26BrN5O2/c1-11(2)26-10-15(25)23-14-8-22-18-16(14)17(13(19)7-21-18)24-6-4-5-12(9-24)20-3/h7-8,11-12,20H,4-6,9-10H2,1-3H3,(H,21,22)(H,23,25). The van der Waals surface area contributed by atoms with Gasteiger partial charge in [-0.15, -0.1) is 0 Å². The van der Waals surface area contributed by atoms with Gasteiger partial charge in [-0.1, -0.05) is 0 Å². The normalized spacial score (nSPS) is 17.9. The molecule has 0 aliphatic carbocycles. The largest absolute Gasteiger partial charge is 0.369 e. The van der Waals surface area contributed by atoms with Gasteiger partial charge < -0.3 is 25.3 Å². The van der Waals surface area contributed by atoms with Crippen molar-refractivity contribution in [3.8, 4) is 0 Å². The lowest BCUT2D eigenvalue weighted by Crippen LogP contribution is -2.44. The molecule has 3 heterocycles. The Bertz CT molecular complexity index is 776. The molecule has 0 saturated carbocycles. The molecule has 3 N–H and O–H groups in total. The zero-order chi connectivity index (χ0) is 18.7. The summed E-state index contributed by atoms with van der Waals surface area (Å²) in [5.41, 5.74) is 2.55. The molecule has 0 bridgehead atoms. The number of aromatic nitrogens is 2. The van der Waals surface area contributed by atoms with E-state index in [-0.39, 0.29) is 18.6 Å². The van der Waals surface area contributed by atoms with Crippen LogP contribution in [0.5, 0.6) is 0 Å². The number of aromatic amines is 1. The van der Waals surface area contributed by atoms with Crippen LogP contribution in [0.25, 0.3) is 11.0 Å². The fraction of sp³-hybridized carbons (Fsp3) is 0.556. The van der Waals surface area contributed by atoms with E-state index in [1.54, 1.807) is 6.20 Å². The van der Waals surface area contributed by atoms with E-state index in [0.717, 1.165) is 46.4 Å². The molecular weight excluding hydrogens is 398 g/mol. The first-order chi connectivity index (χ1) is 12.5. The van der Waals surface area contributed by atoms with E-state index in [1.165, 1.54) is 6.42 Å². The molecule has 1 aliphatic rings. The molecule has 0 aromatic carbocycles. The van der Waals surface area contributed by atoms with Crippen molar-refractivity contribution in [3.05, 3.63) is 16.9 Å². The van der Waals surface area contributed by atoms with Crippen LogP contribution in [0.2, 0.25) is 0 Å². The van der Waals surface area contributed by atoms with E-state index < -0.39 is 0 Å². The van der Waals surface area contributed by atoms with Gasteiger partial charge in [-0.3, -0.25) is 4.79 Å².